The zero-order valence-electron chi connectivity index (χ0n) is 21.4. The van der Waals surface area contributed by atoms with Gasteiger partial charge in [-0.1, -0.05) is 53.6 Å². The molecule has 6 nitrogen and oxygen atoms in total. The van der Waals surface area contributed by atoms with Crippen LogP contribution >= 0.6 is 0 Å². The van der Waals surface area contributed by atoms with Crippen LogP contribution in [0.4, 0.5) is 30.2 Å². The minimum atomic E-state index is -4.66. The van der Waals surface area contributed by atoms with Crippen LogP contribution in [-0.2, 0) is 11.0 Å². The van der Waals surface area contributed by atoms with E-state index in [9.17, 15) is 33.0 Å². The number of hydrogen-bond acceptors (Lipinski definition) is 4. The number of carbonyl (C=O) groups excluding carboxylic acids is 1. The third-order valence-electron chi connectivity index (χ3n) is 6.58. The Balaban J connectivity index is 1.58. The van der Waals surface area contributed by atoms with Crippen molar-refractivity contribution in [3.8, 4) is 16.9 Å². The van der Waals surface area contributed by atoms with Crippen LogP contribution in [-0.4, -0.2) is 22.1 Å². The van der Waals surface area contributed by atoms with E-state index < -0.39 is 23.6 Å². The number of amides is 1. The van der Waals surface area contributed by atoms with Gasteiger partial charge < -0.3 is 15.5 Å². The second-order valence-electron chi connectivity index (χ2n) is 9.51. The summed E-state index contributed by atoms with van der Waals surface area (Å²) >= 11 is 0. The van der Waals surface area contributed by atoms with Gasteiger partial charge in [-0.2, -0.15) is 13.2 Å². The Bertz CT molecular complexity index is 1690. The van der Waals surface area contributed by atoms with Crippen molar-refractivity contribution in [1.29, 1.82) is 0 Å². The number of phenols is 1. The molecule has 40 heavy (non-hydrogen) atoms. The van der Waals surface area contributed by atoms with Gasteiger partial charge in [-0.25, -0.2) is 4.79 Å². The molecule has 0 radical (unpaired) electrons. The van der Waals surface area contributed by atoms with Crippen molar-refractivity contribution >= 4 is 34.5 Å². The van der Waals surface area contributed by atoms with Crippen molar-refractivity contribution in [1.82, 2.24) is 0 Å². The van der Waals surface area contributed by atoms with E-state index in [0.717, 1.165) is 33.7 Å². The van der Waals surface area contributed by atoms with Gasteiger partial charge in [0.1, 0.15) is 5.75 Å². The van der Waals surface area contributed by atoms with Gasteiger partial charge in [-0.3, -0.25) is 9.69 Å². The Hall–Kier alpha value is -5.05. The number of benzene rings is 4. The molecule has 4 aromatic rings. The number of aromatic hydroxyl groups is 1. The van der Waals surface area contributed by atoms with Crippen LogP contribution in [0.1, 0.15) is 32.6 Å². The molecule has 0 unspecified atom stereocenters. The maximum Gasteiger partial charge on any atom is 0.416 e. The van der Waals surface area contributed by atoms with Gasteiger partial charge in [0.2, 0.25) is 0 Å². The van der Waals surface area contributed by atoms with E-state index >= 15 is 0 Å². The molecule has 0 saturated carbocycles. The van der Waals surface area contributed by atoms with Gasteiger partial charge in [-0.05, 0) is 55.8 Å². The Kier molecular flexibility index (Phi) is 6.59. The van der Waals surface area contributed by atoms with Crippen LogP contribution in [0.3, 0.4) is 0 Å². The lowest BCUT2D eigenvalue weighted by Gasteiger charge is -2.19. The summed E-state index contributed by atoms with van der Waals surface area (Å²) in [5.41, 5.74) is 2.95. The standard InChI is InChI=1S/C31H23F3N2O4/c1-17-11-18(2)13-20(12-17)23-7-4-8-26(28(23)37)35-16-25-24-10-9-21(31(32,33)34)15-27(24)36(29(25)38)22-6-3-5-19(14-22)30(39)40/h3-16,35,37H,1-2H3,(H,39,40). The number of nitrogens with zero attached hydrogens (tertiary/aromatic N) is 1. The number of anilines is 3. The molecule has 0 bridgehead atoms. The SMILES string of the molecule is Cc1cc(C)cc(-c2cccc(NC=C3C(=O)N(c4cccc(C(=O)O)c4)c4cc(C(F)(F)F)ccc43)c2O)c1. The number of phenolic OH excluding ortho intramolecular Hbond substituents is 1. The number of carboxylic acid groups (broad SMARTS) is 1. The molecule has 0 saturated heterocycles. The summed E-state index contributed by atoms with van der Waals surface area (Å²) in [7, 11) is 0. The van der Waals surface area contributed by atoms with Gasteiger partial charge in [0, 0.05) is 17.3 Å². The molecular formula is C31H23F3N2O4. The molecule has 0 spiro atoms. The number of rotatable bonds is 5. The maximum absolute atomic E-state index is 13.6. The van der Waals surface area contributed by atoms with Crippen molar-refractivity contribution in [3.05, 3.63) is 113 Å². The number of fused-ring (bicyclic) bond motifs is 1. The highest BCUT2D eigenvalue weighted by molar-refractivity contribution is 6.35. The van der Waals surface area contributed by atoms with E-state index in [1.165, 1.54) is 36.5 Å². The van der Waals surface area contributed by atoms with Crippen LogP contribution in [0.2, 0.25) is 0 Å². The summed E-state index contributed by atoms with van der Waals surface area (Å²) in [4.78, 5) is 26.2. The van der Waals surface area contributed by atoms with Crippen molar-refractivity contribution in [2.75, 3.05) is 10.2 Å². The fourth-order valence-electron chi connectivity index (χ4n) is 4.81. The van der Waals surface area contributed by atoms with Gasteiger partial charge >= 0.3 is 12.1 Å². The maximum atomic E-state index is 13.6. The molecule has 5 rings (SSSR count). The zero-order valence-corrected chi connectivity index (χ0v) is 21.4. The number of halogens is 3. The van der Waals surface area contributed by atoms with Crippen LogP contribution < -0.4 is 10.2 Å². The fraction of sp³-hybridized carbons (Fsp3) is 0.0968. The minimum absolute atomic E-state index is 0.0383. The number of para-hydroxylation sites is 1. The molecule has 9 heteroatoms. The first-order valence-electron chi connectivity index (χ1n) is 12.2. The molecule has 1 aliphatic heterocycles. The summed E-state index contributed by atoms with van der Waals surface area (Å²) in [6.45, 7) is 3.90. The number of carboxylic acids is 1. The predicted octanol–water partition coefficient (Wildman–Crippen LogP) is 7.52. The molecule has 3 N–H and O–H groups in total. The lowest BCUT2D eigenvalue weighted by molar-refractivity contribution is -0.137. The zero-order chi connectivity index (χ0) is 28.8. The highest BCUT2D eigenvalue weighted by Crippen LogP contribution is 2.45. The summed E-state index contributed by atoms with van der Waals surface area (Å²) < 4.78 is 40.7. The third-order valence-corrected chi connectivity index (χ3v) is 6.58. The smallest absolute Gasteiger partial charge is 0.416 e. The van der Waals surface area contributed by atoms with Gasteiger partial charge in [0.05, 0.1) is 33.8 Å². The Morgan fingerprint density at radius 1 is 0.900 bits per heavy atom. The minimum Gasteiger partial charge on any atom is -0.505 e. The van der Waals surface area contributed by atoms with Gasteiger partial charge in [-0.15, -0.1) is 0 Å². The monoisotopic (exact) mass is 544 g/mol. The molecule has 1 amide bonds. The van der Waals surface area contributed by atoms with Crippen molar-refractivity contribution < 1.29 is 33.0 Å². The number of hydrogen-bond donors (Lipinski definition) is 3. The van der Waals surface area contributed by atoms with Crippen molar-refractivity contribution in [2.45, 2.75) is 20.0 Å². The number of aromatic carboxylic acids is 1. The summed E-state index contributed by atoms with van der Waals surface area (Å²) in [6, 6.07) is 19.3. The number of carbonyl (C=O) groups is 2. The van der Waals surface area contributed by atoms with Crippen molar-refractivity contribution in [2.24, 2.45) is 0 Å². The van der Waals surface area contributed by atoms with Crippen LogP contribution in [0.25, 0.3) is 16.7 Å². The average molecular weight is 545 g/mol. The number of nitrogens with one attached hydrogen (secondary N) is 1. The first-order chi connectivity index (χ1) is 18.9. The lowest BCUT2D eigenvalue weighted by atomic mass is 9.99. The van der Waals surface area contributed by atoms with Crippen molar-refractivity contribution in [3.63, 3.8) is 0 Å². The fourth-order valence-corrected chi connectivity index (χ4v) is 4.81. The van der Waals surface area contributed by atoms with E-state index in [2.05, 4.69) is 5.32 Å². The Labute approximate surface area is 227 Å². The topological polar surface area (TPSA) is 89.9 Å². The molecule has 0 fully saturated rings. The first-order valence-corrected chi connectivity index (χ1v) is 12.2. The molecule has 202 valence electrons. The van der Waals surface area contributed by atoms with E-state index in [4.69, 9.17) is 0 Å². The second-order valence-corrected chi connectivity index (χ2v) is 9.51. The predicted molar refractivity (Wildman–Crippen MR) is 147 cm³/mol. The average Bonchev–Trinajstić information content (AvgIpc) is 3.17. The highest BCUT2D eigenvalue weighted by atomic mass is 19.4. The second kappa shape index (κ2) is 9.92. The van der Waals surface area contributed by atoms with Crippen LogP contribution in [0.5, 0.6) is 5.75 Å². The number of alkyl halides is 3. The van der Waals surface area contributed by atoms with Crippen LogP contribution in [0, 0.1) is 13.8 Å². The molecular weight excluding hydrogens is 521 g/mol. The van der Waals surface area contributed by atoms with E-state index in [1.807, 2.05) is 32.0 Å². The summed E-state index contributed by atoms with van der Waals surface area (Å²) in [6.07, 6.45) is -3.33. The molecule has 4 aromatic carbocycles. The van der Waals surface area contributed by atoms with E-state index in [1.54, 1.807) is 18.2 Å². The highest BCUT2D eigenvalue weighted by Gasteiger charge is 2.38. The van der Waals surface area contributed by atoms with E-state index in [0.29, 0.717) is 5.56 Å². The van der Waals surface area contributed by atoms with Gasteiger partial charge in [0.25, 0.3) is 5.91 Å². The third kappa shape index (κ3) is 4.89. The quantitative estimate of drug-likeness (QED) is 0.179. The Morgan fingerprint density at radius 3 is 2.27 bits per heavy atom. The molecule has 0 aromatic heterocycles. The van der Waals surface area contributed by atoms with E-state index in [-0.39, 0.29) is 39.5 Å². The molecule has 1 heterocycles. The number of aryl methyl sites for hydroxylation is 2. The largest absolute Gasteiger partial charge is 0.505 e. The molecule has 0 atom stereocenters. The molecule has 1 aliphatic rings. The lowest BCUT2D eigenvalue weighted by Crippen LogP contribution is -2.21. The normalized spacial score (nSPS) is 14.0. The van der Waals surface area contributed by atoms with Gasteiger partial charge in [0.15, 0.2) is 0 Å². The molecule has 0 aliphatic carbocycles. The summed E-state index contributed by atoms with van der Waals surface area (Å²) in [5, 5.41) is 23.4. The van der Waals surface area contributed by atoms with Crippen LogP contribution in [0.15, 0.2) is 85.1 Å². The first kappa shape index (κ1) is 26.6. The Morgan fingerprint density at radius 2 is 1.60 bits per heavy atom. The summed E-state index contributed by atoms with van der Waals surface area (Å²) in [5.74, 6) is -1.96.